The minimum Gasteiger partial charge on any atom is -0.469 e. The average molecular weight is 251 g/mol. The van der Waals surface area contributed by atoms with Gasteiger partial charge in [-0.05, 0) is 37.5 Å². The Hall–Kier alpha value is -1.06. The van der Waals surface area contributed by atoms with Crippen molar-refractivity contribution in [2.24, 2.45) is 23.7 Å². The Morgan fingerprint density at radius 2 is 1.67 bits per heavy atom. The predicted molar refractivity (Wildman–Crippen MR) is 65.6 cm³/mol. The highest BCUT2D eigenvalue weighted by Gasteiger charge is 2.57. The van der Waals surface area contributed by atoms with E-state index in [1.807, 2.05) is 4.90 Å². The van der Waals surface area contributed by atoms with E-state index in [2.05, 4.69) is 0 Å². The highest BCUT2D eigenvalue weighted by atomic mass is 16.5. The maximum atomic E-state index is 12.3. The number of methoxy groups -OCH3 is 1. The smallest absolute Gasteiger partial charge is 0.308 e. The van der Waals surface area contributed by atoms with Gasteiger partial charge in [-0.1, -0.05) is 6.42 Å². The Morgan fingerprint density at radius 3 is 2.22 bits per heavy atom. The van der Waals surface area contributed by atoms with Crippen molar-refractivity contribution in [3.8, 4) is 0 Å². The van der Waals surface area contributed by atoms with E-state index in [9.17, 15) is 9.59 Å². The summed E-state index contributed by atoms with van der Waals surface area (Å²) in [7, 11) is 1.44. The third-order valence-electron chi connectivity index (χ3n) is 5.03. The van der Waals surface area contributed by atoms with Crippen molar-refractivity contribution < 1.29 is 14.3 Å². The van der Waals surface area contributed by atoms with Crippen LogP contribution in [0.5, 0.6) is 0 Å². The van der Waals surface area contributed by atoms with Crippen LogP contribution in [-0.2, 0) is 14.3 Å². The van der Waals surface area contributed by atoms with Crippen LogP contribution in [0.2, 0.25) is 0 Å². The number of hydrogen-bond acceptors (Lipinski definition) is 3. The summed E-state index contributed by atoms with van der Waals surface area (Å²) < 4.78 is 4.76. The van der Waals surface area contributed by atoms with E-state index in [1.54, 1.807) is 0 Å². The van der Waals surface area contributed by atoms with Gasteiger partial charge < -0.3 is 9.64 Å². The number of piperidine rings is 1. The van der Waals surface area contributed by atoms with Gasteiger partial charge in [-0.3, -0.25) is 9.59 Å². The first-order valence-corrected chi connectivity index (χ1v) is 7.09. The first-order valence-electron chi connectivity index (χ1n) is 7.09. The lowest BCUT2D eigenvalue weighted by Gasteiger charge is -2.31. The molecule has 3 aliphatic rings. The van der Waals surface area contributed by atoms with Crippen LogP contribution in [0.25, 0.3) is 0 Å². The standard InChI is InChI=1S/C14H21NO3/c1-18-14(17)9-5-7-15(8-6-9)13(16)12-10-3-2-4-11(10)12/h9-12H,2-8H2,1H3. The molecule has 0 radical (unpaired) electrons. The second kappa shape index (κ2) is 4.56. The van der Waals surface area contributed by atoms with E-state index in [1.165, 1.54) is 26.4 Å². The van der Waals surface area contributed by atoms with Crippen molar-refractivity contribution in [3.63, 3.8) is 0 Å². The van der Waals surface area contributed by atoms with Crippen molar-refractivity contribution >= 4 is 11.9 Å². The molecular formula is C14H21NO3. The molecule has 1 amide bonds. The van der Waals surface area contributed by atoms with Crippen LogP contribution in [0.15, 0.2) is 0 Å². The minimum absolute atomic E-state index is 0.00208. The molecule has 4 nitrogen and oxygen atoms in total. The number of carbonyl (C=O) groups excluding carboxylic acids is 2. The van der Waals surface area contributed by atoms with Gasteiger partial charge in [-0.15, -0.1) is 0 Å². The minimum atomic E-state index is -0.120. The van der Waals surface area contributed by atoms with E-state index in [4.69, 9.17) is 4.74 Å². The van der Waals surface area contributed by atoms with Crippen molar-refractivity contribution in [2.45, 2.75) is 32.1 Å². The van der Waals surface area contributed by atoms with E-state index in [0.717, 1.165) is 25.9 Å². The number of hydrogen-bond donors (Lipinski definition) is 0. The van der Waals surface area contributed by atoms with Gasteiger partial charge in [0.05, 0.1) is 13.0 Å². The largest absolute Gasteiger partial charge is 0.469 e. The zero-order valence-electron chi connectivity index (χ0n) is 10.9. The molecule has 3 rings (SSSR count). The van der Waals surface area contributed by atoms with E-state index < -0.39 is 0 Å². The molecule has 1 aliphatic heterocycles. The van der Waals surface area contributed by atoms with E-state index in [-0.39, 0.29) is 11.9 Å². The summed E-state index contributed by atoms with van der Waals surface area (Å²) in [6.45, 7) is 1.46. The highest BCUT2D eigenvalue weighted by Crippen LogP contribution is 2.58. The molecule has 18 heavy (non-hydrogen) atoms. The van der Waals surface area contributed by atoms with Gasteiger partial charge in [0.25, 0.3) is 0 Å². The molecule has 100 valence electrons. The maximum Gasteiger partial charge on any atom is 0.308 e. The molecule has 0 aromatic carbocycles. The third-order valence-corrected chi connectivity index (χ3v) is 5.03. The molecule has 4 heteroatoms. The number of ether oxygens (including phenoxy) is 1. The first-order chi connectivity index (χ1) is 8.72. The summed E-state index contributed by atoms with van der Waals surface area (Å²) in [4.78, 5) is 25.7. The van der Waals surface area contributed by atoms with Crippen LogP contribution >= 0.6 is 0 Å². The summed E-state index contributed by atoms with van der Waals surface area (Å²) in [5.74, 6) is 1.94. The zero-order chi connectivity index (χ0) is 12.7. The Labute approximate surface area is 108 Å². The van der Waals surface area contributed by atoms with Crippen LogP contribution in [0.4, 0.5) is 0 Å². The van der Waals surface area contributed by atoms with Crippen molar-refractivity contribution in [2.75, 3.05) is 20.2 Å². The quantitative estimate of drug-likeness (QED) is 0.698. The molecule has 0 N–H and O–H groups in total. The Balaban J connectivity index is 1.51. The molecule has 1 heterocycles. The summed E-state index contributed by atoms with van der Waals surface area (Å²) in [5, 5.41) is 0. The molecule has 0 spiro atoms. The molecule has 2 atom stereocenters. The van der Waals surface area contributed by atoms with Gasteiger partial charge in [0.2, 0.25) is 5.91 Å². The van der Waals surface area contributed by atoms with Crippen molar-refractivity contribution in [3.05, 3.63) is 0 Å². The highest BCUT2D eigenvalue weighted by molar-refractivity contribution is 5.83. The molecule has 0 bridgehead atoms. The zero-order valence-corrected chi connectivity index (χ0v) is 10.9. The lowest BCUT2D eigenvalue weighted by atomic mass is 9.96. The van der Waals surface area contributed by atoms with Gasteiger partial charge >= 0.3 is 5.97 Å². The van der Waals surface area contributed by atoms with Crippen LogP contribution in [-0.4, -0.2) is 37.0 Å². The number of fused-ring (bicyclic) bond motifs is 1. The van der Waals surface area contributed by atoms with Crippen LogP contribution in [0.1, 0.15) is 32.1 Å². The fourth-order valence-electron chi connectivity index (χ4n) is 3.90. The van der Waals surface area contributed by atoms with Crippen molar-refractivity contribution in [1.82, 2.24) is 4.90 Å². The fourth-order valence-corrected chi connectivity index (χ4v) is 3.90. The van der Waals surface area contributed by atoms with E-state index >= 15 is 0 Å². The average Bonchev–Trinajstić information content (AvgIpc) is 2.89. The predicted octanol–water partition coefficient (Wildman–Crippen LogP) is 1.44. The van der Waals surface area contributed by atoms with Gasteiger partial charge in [-0.25, -0.2) is 0 Å². The molecule has 2 saturated carbocycles. The van der Waals surface area contributed by atoms with Gasteiger partial charge in [0.1, 0.15) is 0 Å². The molecule has 2 unspecified atom stereocenters. The Kier molecular flexibility index (Phi) is 3.04. The van der Waals surface area contributed by atoms with Gasteiger partial charge in [-0.2, -0.15) is 0 Å². The van der Waals surface area contributed by atoms with Crippen LogP contribution < -0.4 is 0 Å². The second-order valence-electron chi connectivity index (χ2n) is 5.91. The SMILES string of the molecule is COC(=O)C1CCN(C(=O)C2C3CCCC32)CC1. The molecule has 1 saturated heterocycles. The summed E-state index contributed by atoms with van der Waals surface area (Å²) >= 11 is 0. The normalized spacial score (nSPS) is 35.2. The molecule has 2 aliphatic carbocycles. The van der Waals surface area contributed by atoms with Crippen LogP contribution in [0, 0.1) is 23.7 Å². The van der Waals surface area contributed by atoms with Gasteiger partial charge in [0.15, 0.2) is 0 Å². The van der Waals surface area contributed by atoms with Gasteiger partial charge in [0, 0.05) is 19.0 Å². The molecule has 0 aromatic heterocycles. The lowest BCUT2D eigenvalue weighted by Crippen LogP contribution is -2.41. The number of amides is 1. The van der Waals surface area contributed by atoms with Crippen LogP contribution in [0.3, 0.4) is 0 Å². The Bertz CT molecular complexity index is 350. The number of carbonyl (C=O) groups is 2. The lowest BCUT2D eigenvalue weighted by molar-refractivity contribution is -0.149. The number of likely N-dealkylation sites (tertiary alicyclic amines) is 1. The molecule has 0 aromatic rings. The topological polar surface area (TPSA) is 46.6 Å². The number of esters is 1. The molecular weight excluding hydrogens is 230 g/mol. The Morgan fingerprint density at radius 1 is 1.06 bits per heavy atom. The maximum absolute atomic E-state index is 12.3. The summed E-state index contributed by atoms with van der Waals surface area (Å²) in [6, 6.07) is 0. The second-order valence-corrected chi connectivity index (χ2v) is 5.91. The van der Waals surface area contributed by atoms with Crippen molar-refractivity contribution in [1.29, 1.82) is 0 Å². The third kappa shape index (κ3) is 1.91. The summed E-state index contributed by atoms with van der Waals surface area (Å²) in [5.41, 5.74) is 0. The first kappa shape index (κ1) is 12.0. The monoisotopic (exact) mass is 251 g/mol. The number of nitrogens with zero attached hydrogens (tertiary/aromatic N) is 1. The number of rotatable bonds is 2. The van der Waals surface area contributed by atoms with E-state index in [0.29, 0.717) is 23.7 Å². The molecule has 3 fully saturated rings. The summed E-state index contributed by atoms with van der Waals surface area (Å²) in [6.07, 6.45) is 5.34. The fraction of sp³-hybridized carbons (Fsp3) is 0.857.